The van der Waals surface area contributed by atoms with Crippen molar-refractivity contribution in [2.45, 2.75) is 25.5 Å². The Hall–Kier alpha value is -0.420. The second-order valence-electron chi connectivity index (χ2n) is 3.67. The van der Waals surface area contributed by atoms with Crippen LogP contribution in [0.2, 0.25) is 0 Å². The van der Waals surface area contributed by atoms with Gasteiger partial charge in [-0.25, -0.2) is 8.78 Å². The normalized spacial score (nSPS) is 12.5. The van der Waals surface area contributed by atoms with E-state index in [1.54, 1.807) is 0 Å². The summed E-state index contributed by atoms with van der Waals surface area (Å²) in [5.41, 5.74) is -0.449. The quantitative estimate of drug-likeness (QED) is 0.588. The van der Waals surface area contributed by atoms with Crippen molar-refractivity contribution < 1.29 is 13.6 Å². The molecule has 0 radical (unpaired) electrons. The van der Waals surface area contributed by atoms with Gasteiger partial charge in [-0.15, -0.1) is 0 Å². The Balaban J connectivity index is 2.86. The smallest absolute Gasteiger partial charge is 0.178 e. The van der Waals surface area contributed by atoms with Crippen LogP contribution in [0.4, 0.5) is 8.78 Å². The Morgan fingerprint density at radius 3 is 2.71 bits per heavy atom. The summed E-state index contributed by atoms with van der Waals surface area (Å²) >= 11 is 4.35. The van der Waals surface area contributed by atoms with Gasteiger partial charge in [0, 0.05) is 5.25 Å². The minimum absolute atomic E-state index is 0.0965. The Kier molecular flexibility index (Phi) is 5.59. The molecule has 1 nitrogen and oxygen atoms in total. The highest BCUT2D eigenvalue weighted by molar-refractivity contribution is 9.10. The topological polar surface area (TPSA) is 17.1 Å². The van der Waals surface area contributed by atoms with E-state index in [9.17, 15) is 13.6 Å². The van der Waals surface area contributed by atoms with E-state index in [2.05, 4.69) is 15.9 Å². The van der Waals surface area contributed by atoms with Gasteiger partial charge < -0.3 is 0 Å². The summed E-state index contributed by atoms with van der Waals surface area (Å²) < 4.78 is 27.1. The van der Waals surface area contributed by atoms with Crippen LogP contribution in [0, 0.1) is 11.6 Å². The zero-order chi connectivity index (χ0) is 13.0. The van der Waals surface area contributed by atoms with E-state index in [0.29, 0.717) is 5.25 Å². The molecule has 0 aliphatic heterocycles. The molecule has 1 rings (SSSR count). The molecule has 0 fully saturated rings. The first kappa shape index (κ1) is 14.6. The zero-order valence-electron chi connectivity index (χ0n) is 9.60. The fourth-order valence-electron chi connectivity index (χ4n) is 1.19. The molecule has 0 amide bonds. The van der Waals surface area contributed by atoms with Crippen LogP contribution in [-0.4, -0.2) is 16.8 Å². The molecule has 0 heterocycles. The minimum Gasteiger partial charge on any atom is -0.293 e. The molecule has 1 aromatic carbocycles. The predicted molar refractivity (Wildman–Crippen MR) is 70.6 cm³/mol. The zero-order valence-corrected chi connectivity index (χ0v) is 12.0. The summed E-state index contributed by atoms with van der Waals surface area (Å²) in [6.45, 7) is 3.98. The van der Waals surface area contributed by atoms with Gasteiger partial charge >= 0.3 is 0 Å². The van der Waals surface area contributed by atoms with Crippen LogP contribution in [0.15, 0.2) is 16.6 Å². The van der Waals surface area contributed by atoms with Crippen LogP contribution < -0.4 is 0 Å². The predicted octanol–water partition coefficient (Wildman–Crippen LogP) is 4.44. The maximum absolute atomic E-state index is 13.6. The van der Waals surface area contributed by atoms with Gasteiger partial charge in [0.1, 0.15) is 5.82 Å². The van der Waals surface area contributed by atoms with Crippen molar-refractivity contribution in [2.24, 2.45) is 0 Å². The van der Waals surface area contributed by atoms with Crippen molar-refractivity contribution in [3.05, 3.63) is 33.8 Å². The molecule has 0 saturated carbocycles. The van der Waals surface area contributed by atoms with Crippen LogP contribution in [0.5, 0.6) is 0 Å². The summed E-state index contributed by atoms with van der Waals surface area (Å²) in [5.74, 6) is -2.04. The molecule has 1 aromatic rings. The van der Waals surface area contributed by atoms with E-state index in [4.69, 9.17) is 0 Å². The first-order valence-electron chi connectivity index (χ1n) is 5.25. The van der Waals surface area contributed by atoms with Gasteiger partial charge in [0.15, 0.2) is 11.6 Å². The number of hydrogen-bond acceptors (Lipinski definition) is 2. The van der Waals surface area contributed by atoms with E-state index in [0.717, 1.165) is 12.5 Å². The SMILES string of the molecule is CCC(C)SCC(=O)c1c(F)ccc(Br)c1F. The number of carbonyl (C=O) groups is 1. The fraction of sp³-hybridized carbons (Fsp3) is 0.417. The number of carbonyl (C=O) groups excluding carboxylic acids is 1. The minimum atomic E-state index is -0.820. The van der Waals surface area contributed by atoms with Crippen molar-refractivity contribution in [2.75, 3.05) is 5.75 Å². The van der Waals surface area contributed by atoms with Crippen LogP contribution in [-0.2, 0) is 0 Å². The maximum atomic E-state index is 13.6. The fourth-order valence-corrected chi connectivity index (χ4v) is 2.34. The van der Waals surface area contributed by atoms with E-state index in [1.807, 2.05) is 13.8 Å². The Morgan fingerprint density at radius 2 is 2.12 bits per heavy atom. The molecule has 0 aromatic heterocycles. The number of thioether (sulfide) groups is 1. The molecule has 5 heteroatoms. The lowest BCUT2D eigenvalue weighted by Gasteiger charge is -2.09. The third kappa shape index (κ3) is 3.78. The van der Waals surface area contributed by atoms with Crippen molar-refractivity contribution in [1.29, 1.82) is 0 Å². The highest BCUT2D eigenvalue weighted by Gasteiger charge is 2.19. The highest BCUT2D eigenvalue weighted by Crippen LogP contribution is 2.24. The molecule has 0 aliphatic rings. The summed E-state index contributed by atoms with van der Waals surface area (Å²) in [6, 6.07) is 2.34. The molecule has 1 atom stereocenters. The number of hydrogen-bond donors (Lipinski definition) is 0. The number of Topliss-reactive ketones (excluding diaryl/α,β-unsaturated/α-hetero) is 1. The molecule has 1 unspecified atom stereocenters. The second kappa shape index (κ2) is 6.50. The average Bonchev–Trinajstić information content (AvgIpc) is 2.31. The van der Waals surface area contributed by atoms with Crippen LogP contribution in [0.25, 0.3) is 0 Å². The number of halogens is 3. The molecular weight excluding hydrogens is 310 g/mol. The van der Waals surface area contributed by atoms with Gasteiger partial charge in [-0.1, -0.05) is 13.8 Å². The van der Waals surface area contributed by atoms with Gasteiger partial charge in [0.25, 0.3) is 0 Å². The van der Waals surface area contributed by atoms with Gasteiger partial charge in [-0.2, -0.15) is 11.8 Å². The summed E-state index contributed by atoms with van der Waals surface area (Å²) in [6.07, 6.45) is 0.918. The summed E-state index contributed by atoms with van der Waals surface area (Å²) in [4.78, 5) is 11.7. The molecule has 0 aliphatic carbocycles. The van der Waals surface area contributed by atoms with Gasteiger partial charge in [-0.3, -0.25) is 4.79 Å². The van der Waals surface area contributed by atoms with Gasteiger partial charge in [0.05, 0.1) is 15.8 Å². The van der Waals surface area contributed by atoms with E-state index in [1.165, 1.54) is 17.8 Å². The number of benzene rings is 1. The molecule has 0 bridgehead atoms. The van der Waals surface area contributed by atoms with Crippen molar-refractivity contribution in [1.82, 2.24) is 0 Å². The molecule has 17 heavy (non-hydrogen) atoms. The third-order valence-corrected chi connectivity index (χ3v) is 4.34. The van der Waals surface area contributed by atoms with Crippen molar-refractivity contribution in [3.63, 3.8) is 0 Å². The molecule has 94 valence electrons. The summed E-state index contributed by atoms with van der Waals surface area (Å²) in [7, 11) is 0. The maximum Gasteiger partial charge on any atom is 0.178 e. The largest absolute Gasteiger partial charge is 0.293 e. The van der Waals surface area contributed by atoms with Crippen molar-refractivity contribution in [3.8, 4) is 0 Å². The Morgan fingerprint density at radius 1 is 1.47 bits per heavy atom. The monoisotopic (exact) mass is 322 g/mol. The van der Waals surface area contributed by atoms with Gasteiger partial charge in [0.2, 0.25) is 0 Å². The average molecular weight is 323 g/mol. The standard InChI is InChI=1S/C12H13BrF2OS/c1-3-7(2)17-6-10(16)11-9(14)5-4-8(13)12(11)15/h4-5,7H,3,6H2,1-2H3. The molecule has 0 saturated heterocycles. The molecule has 0 spiro atoms. The van der Waals surface area contributed by atoms with E-state index in [-0.39, 0.29) is 10.2 Å². The Bertz CT molecular complexity index is 423. The van der Waals surface area contributed by atoms with Gasteiger partial charge in [-0.05, 0) is 34.5 Å². The first-order valence-corrected chi connectivity index (χ1v) is 7.09. The lowest BCUT2D eigenvalue weighted by atomic mass is 10.1. The third-order valence-electron chi connectivity index (χ3n) is 2.40. The highest BCUT2D eigenvalue weighted by atomic mass is 79.9. The van der Waals surface area contributed by atoms with E-state index >= 15 is 0 Å². The van der Waals surface area contributed by atoms with Crippen LogP contribution >= 0.6 is 27.7 Å². The lowest BCUT2D eigenvalue weighted by Crippen LogP contribution is -2.11. The number of rotatable bonds is 5. The van der Waals surface area contributed by atoms with Crippen LogP contribution in [0.1, 0.15) is 30.6 Å². The number of ketones is 1. The molecule has 0 N–H and O–H groups in total. The van der Waals surface area contributed by atoms with E-state index < -0.39 is 23.0 Å². The summed E-state index contributed by atoms with van der Waals surface area (Å²) in [5, 5.41) is 0.303. The lowest BCUT2D eigenvalue weighted by molar-refractivity contribution is 0.101. The van der Waals surface area contributed by atoms with Crippen LogP contribution in [0.3, 0.4) is 0 Å². The first-order chi connectivity index (χ1) is 7.97. The Labute approximate surface area is 112 Å². The second-order valence-corrected chi connectivity index (χ2v) is 5.95. The molecular formula is C12H13BrF2OS. The van der Waals surface area contributed by atoms with Crippen molar-refractivity contribution >= 4 is 33.5 Å².